The van der Waals surface area contributed by atoms with Gasteiger partial charge in [-0.15, -0.1) is 23.5 Å². The third-order valence-corrected chi connectivity index (χ3v) is 11.1. The van der Waals surface area contributed by atoms with Gasteiger partial charge in [0.25, 0.3) is 11.8 Å². The first-order valence-electron chi connectivity index (χ1n) is 19.3. The highest BCUT2D eigenvalue weighted by molar-refractivity contribution is 7.99. The Bertz CT molecular complexity index is 1690. The van der Waals surface area contributed by atoms with Crippen LogP contribution in [0.15, 0.2) is 58.3 Å². The number of hydrogen-bond donors (Lipinski definition) is 8. The molecule has 56 heavy (non-hydrogen) atoms. The lowest BCUT2D eigenvalue weighted by molar-refractivity contribution is -0.117. The monoisotopic (exact) mass is 806 g/mol. The second-order valence-corrected chi connectivity index (χ2v) is 17.9. The van der Waals surface area contributed by atoms with Gasteiger partial charge in [-0.3, -0.25) is 19.2 Å². The summed E-state index contributed by atoms with van der Waals surface area (Å²) in [5.41, 5.74) is 27.1. The quantitative estimate of drug-likeness (QED) is 0.0431. The molecule has 0 aromatic heterocycles. The normalized spacial score (nSPS) is 11.6. The molecule has 0 unspecified atom stereocenters. The van der Waals surface area contributed by atoms with Gasteiger partial charge in [-0.05, 0) is 103 Å². The highest BCUT2D eigenvalue weighted by Crippen LogP contribution is 2.41. The fraction of sp³-hybridized carbons (Fsp3) is 0.476. The Morgan fingerprint density at radius 3 is 1.20 bits per heavy atom. The van der Waals surface area contributed by atoms with Crippen molar-refractivity contribution in [3.05, 3.63) is 70.8 Å². The third-order valence-electron chi connectivity index (χ3n) is 8.79. The third kappa shape index (κ3) is 14.2. The fourth-order valence-electron chi connectivity index (χ4n) is 5.60. The Morgan fingerprint density at radius 1 is 0.518 bits per heavy atom. The summed E-state index contributed by atoms with van der Waals surface area (Å²) < 4.78 is 0. The minimum atomic E-state index is -0.422. The van der Waals surface area contributed by atoms with Crippen molar-refractivity contribution in [1.29, 1.82) is 0 Å². The predicted octanol–water partition coefficient (Wildman–Crippen LogP) is 7.02. The van der Waals surface area contributed by atoms with Crippen LogP contribution in [0.3, 0.4) is 0 Å². The number of unbranched alkanes of at least 4 members (excludes halogenated alkanes) is 2. The number of benzene rings is 3. The Hall–Kier alpha value is -3.92. The molecule has 0 aliphatic heterocycles. The van der Waals surface area contributed by atoms with Gasteiger partial charge in [-0.2, -0.15) is 0 Å². The number of anilines is 4. The van der Waals surface area contributed by atoms with Gasteiger partial charge in [-0.1, -0.05) is 47.6 Å². The average molecular weight is 807 g/mol. The first kappa shape index (κ1) is 46.5. The standard InChI is InChI=1S/C42H62N8O4S2/c1-41(2,3)29-23-31(47-35(51)14-7-9-16-43)37(55-20-18-45)33(25-29)49-39(53)27-12-11-13-28(22-27)40(54)50-34-26-30(42(4,5)6)24-32(38(34)56-21-19-46)48-36(52)15-8-10-17-44/h11-13,22-26H,7-10,14-21,43-46H2,1-6H3,(H,47,51)(H,48,52)(H,49,53)(H,50,54). The number of hydrogen-bond acceptors (Lipinski definition) is 10. The number of amides is 4. The first-order valence-corrected chi connectivity index (χ1v) is 21.2. The van der Waals surface area contributed by atoms with E-state index in [2.05, 4.69) is 62.8 Å². The Balaban J connectivity index is 2.00. The molecule has 14 heteroatoms. The maximum absolute atomic E-state index is 14.0. The van der Waals surface area contributed by atoms with Crippen molar-refractivity contribution in [2.75, 3.05) is 59.0 Å². The van der Waals surface area contributed by atoms with E-state index in [0.717, 1.165) is 24.0 Å². The SMILES string of the molecule is CC(C)(C)c1cc(NC(=O)CCCCN)c(SCCN)c(NC(=O)c2cccc(C(=O)Nc3cc(C(C)(C)C)cc(NC(=O)CCCCN)c3SCCN)c2)c1. The van der Waals surface area contributed by atoms with Crippen LogP contribution in [-0.4, -0.2) is 61.3 Å². The Labute approximate surface area is 341 Å². The van der Waals surface area contributed by atoms with Crippen molar-refractivity contribution >= 4 is 69.9 Å². The zero-order valence-electron chi connectivity index (χ0n) is 33.9. The van der Waals surface area contributed by atoms with Gasteiger partial charge < -0.3 is 44.2 Å². The van der Waals surface area contributed by atoms with Gasteiger partial charge in [0.15, 0.2) is 0 Å². The molecule has 306 valence electrons. The molecule has 0 radical (unpaired) electrons. The molecule has 0 aliphatic carbocycles. The maximum atomic E-state index is 14.0. The van der Waals surface area contributed by atoms with E-state index in [4.69, 9.17) is 22.9 Å². The van der Waals surface area contributed by atoms with E-state index in [1.165, 1.54) is 23.5 Å². The molecular weight excluding hydrogens is 745 g/mol. The maximum Gasteiger partial charge on any atom is 0.255 e. The van der Waals surface area contributed by atoms with Gasteiger partial charge in [0.2, 0.25) is 11.8 Å². The van der Waals surface area contributed by atoms with E-state index in [1.807, 2.05) is 24.3 Å². The fourth-order valence-corrected chi connectivity index (χ4v) is 7.31. The molecular formula is C42H62N8O4S2. The van der Waals surface area contributed by atoms with Gasteiger partial charge in [-0.25, -0.2) is 0 Å². The van der Waals surface area contributed by atoms with Crippen molar-refractivity contribution in [1.82, 2.24) is 0 Å². The van der Waals surface area contributed by atoms with Crippen LogP contribution in [0.25, 0.3) is 0 Å². The lowest BCUT2D eigenvalue weighted by atomic mass is 9.86. The summed E-state index contributed by atoms with van der Waals surface area (Å²) in [4.78, 5) is 55.3. The summed E-state index contributed by atoms with van der Waals surface area (Å²) in [6.07, 6.45) is 3.48. The molecule has 0 atom stereocenters. The number of thioether (sulfide) groups is 2. The minimum Gasteiger partial charge on any atom is -0.330 e. The molecule has 0 heterocycles. The summed E-state index contributed by atoms with van der Waals surface area (Å²) >= 11 is 2.90. The van der Waals surface area contributed by atoms with Crippen LogP contribution in [-0.2, 0) is 20.4 Å². The largest absolute Gasteiger partial charge is 0.330 e. The highest BCUT2D eigenvalue weighted by atomic mass is 32.2. The van der Waals surface area contributed by atoms with Crippen molar-refractivity contribution in [2.45, 2.75) is 101 Å². The molecule has 0 fully saturated rings. The smallest absolute Gasteiger partial charge is 0.255 e. The molecule has 4 amide bonds. The molecule has 0 saturated heterocycles. The second-order valence-electron chi connectivity index (χ2n) is 15.7. The van der Waals surface area contributed by atoms with Gasteiger partial charge >= 0.3 is 0 Å². The molecule has 12 N–H and O–H groups in total. The molecule has 3 aromatic carbocycles. The zero-order chi connectivity index (χ0) is 41.5. The Morgan fingerprint density at radius 2 is 0.875 bits per heavy atom. The van der Waals surface area contributed by atoms with E-state index >= 15 is 0 Å². The van der Waals surface area contributed by atoms with E-state index in [0.29, 0.717) is 95.9 Å². The average Bonchev–Trinajstić information content (AvgIpc) is 3.13. The molecule has 3 aromatic rings. The first-order chi connectivity index (χ1) is 26.5. The Kier molecular flexibility index (Phi) is 18.4. The zero-order valence-corrected chi connectivity index (χ0v) is 35.5. The number of nitrogens with two attached hydrogens (primary N) is 4. The topological polar surface area (TPSA) is 220 Å². The van der Waals surface area contributed by atoms with Crippen LogP contribution in [0.2, 0.25) is 0 Å². The predicted molar refractivity (Wildman–Crippen MR) is 235 cm³/mol. The van der Waals surface area contributed by atoms with E-state index in [1.54, 1.807) is 24.3 Å². The van der Waals surface area contributed by atoms with Crippen molar-refractivity contribution in [3.63, 3.8) is 0 Å². The molecule has 0 spiro atoms. The number of carbonyl (C=O) groups is 4. The van der Waals surface area contributed by atoms with E-state index < -0.39 is 11.8 Å². The molecule has 3 rings (SSSR count). The lowest BCUT2D eigenvalue weighted by Crippen LogP contribution is -2.20. The van der Waals surface area contributed by atoms with Crippen LogP contribution >= 0.6 is 23.5 Å². The summed E-state index contributed by atoms with van der Waals surface area (Å²) in [6.45, 7) is 14.2. The lowest BCUT2D eigenvalue weighted by Gasteiger charge is -2.25. The van der Waals surface area contributed by atoms with Gasteiger partial charge in [0.05, 0.1) is 32.5 Å². The van der Waals surface area contributed by atoms with Crippen LogP contribution in [0.4, 0.5) is 22.7 Å². The summed E-state index contributed by atoms with van der Waals surface area (Å²) in [5, 5.41) is 12.3. The molecule has 12 nitrogen and oxygen atoms in total. The van der Waals surface area contributed by atoms with E-state index in [-0.39, 0.29) is 33.8 Å². The number of carbonyl (C=O) groups excluding carboxylic acids is 4. The van der Waals surface area contributed by atoms with E-state index in [9.17, 15) is 19.2 Å². The molecule has 0 bridgehead atoms. The van der Waals surface area contributed by atoms with Crippen LogP contribution in [0.5, 0.6) is 0 Å². The summed E-state index contributed by atoms with van der Waals surface area (Å²) in [5.74, 6) is 0.00790. The van der Waals surface area contributed by atoms with Gasteiger partial charge in [0, 0.05) is 48.6 Å². The number of rotatable bonds is 20. The second kappa shape index (κ2) is 22.1. The van der Waals surface area contributed by atoms with Gasteiger partial charge in [0.1, 0.15) is 0 Å². The number of nitrogens with one attached hydrogen (secondary N) is 4. The minimum absolute atomic E-state index is 0.135. The molecule has 0 saturated carbocycles. The van der Waals surface area contributed by atoms with Crippen molar-refractivity contribution in [2.24, 2.45) is 22.9 Å². The van der Waals surface area contributed by atoms with Crippen molar-refractivity contribution < 1.29 is 19.2 Å². The summed E-state index contributed by atoms with van der Waals surface area (Å²) in [6, 6.07) is 14.3. The summed E-state index contributed by atoms with van der Waals surface area (Å²) in [7, 11) is 0. The van der Waals surface area contributed by atoms with Crippen LogP contribution in [0.1, 0.15) is 112 Å². The molecule has 0 aliphatic rings. The highest BCUT2D eigenvalue weighted by Gasteiger charge is 2.24. The van der Waals surface area contributed by atoms with Crippen molar-refractivity contribution in [3.8, 4) is 0 Å². The van der Waals surface area contributed by atoms with Crippen LogP contribution in [0, 0.1) is 0 Å². The van der Waals surface area contributed by atoms with Crippen LogP contribution < -0.4 is 44.2 Å².